The second-order valence-electron chi connectivity index (χ2n) is 3.79. The largest absolute Gasteiger partial charge is 0.329 e. The molecule has 0 aromatic carbocycles. The van der Waals surface area contributed by atoms with Gasteiger partial charge in [0.15, 0.2) is 0 Å². The summed E-state index contributed by atoms with van der Waals surface area (Å²) in [6.07, 6.45) is 4.79. The molecule has 1 heterocycles. The molecule has 0 unspecified atom stereocenters. The molecule has 13 heavy (non-hydrogen) atoms. The standard InChI is InChI=1S/C9H14N2O2/c12-8-6-10-9(13)11(8)5-1-2-7-3-4-7/h7H,1-6H2,(H,10,13). The lowest BCUT2D eigenvalue weighted by Crippen LogP contribution is -2.31. The van der Waals surface area contributed by atoms with Crippen LogP contribution in [0.4, 0.5) is 4.79 Å². The Morgan fingerprint density at radius 2 is 2.15 bits per heavy atom. The van der Waals surface area contributed by atoms with Crippen LogP contribution >= 0.6 is 0 Å². The molecule has 0 atom stereocenters. The van der Waals surface area contributed by atoms with E-state index in [9.17, 15) is 9.59 Å². The van der Waals surface area contributed by atoms with E-state index in [0.29, 0.717) is 6.54 Å². The van der Waals surface area contributed by atoms with Gasteiger partial charge in [-0.3, -0.25) is 9.69 Å². The van der Waals surface area contributed by atoms with Gasteiger partial charge in [-0.25, -0.2) is 4.79 Å². The number of carbonyl (C=O) groups excluding carboxylic acids is 2. The van der Waals surface area contributed by atoms with Crippen molar-refractivity contribution in [2.75, 3.05) is 13.1 Å². The van der Waals surface area contributed by atoms with Crippen LogP contribution in [-0.2, 0) is 4.79 Å². The zero-order chi connectivity index (χ0) is 9.26. The van der Waals surface area contributed by atoms with Crippen molar-refractivity contribution in [2.45, 2.75) is 25.7 Å². The first kappa shape index (κ1) is 8.53. The summed E-state index contributed by atoms with van der Waals surface area (Å²) in [7, 11) is 0. The minimum absolute atomic E-state index is 0.0826. The molecule has 0 aromatic rings. The average molecular weight is 182 g/mol. The molecule has 3 amide bonds. The molecule has 72 valence electrons. The van der Waals surface area contributed by atoms with Gasteiger partial charge in [0.25, 0.3) is 0 Å². The topological polar surface area (TPSA) is 49.4 Å². The van der Waals surface area contributed by atoms with E-state index in [0.717, 1.165) is 18.8 Å². The van der Waals surface area contributed by atoms with E-state index < -0.39 is 0 Å². The molecule has 1 N–H and O–H groups in total. The van der Waals surface area contributed by atoms with Crippen LogP contribution in [0.15, 0.2) is 0 Å². The zero-order valence-corrected chi connectivity index (χ0v) is 7.58. The maximum absolute atomic E-state index is 11.1. The predicted molar refractivity (Wildman–Crippen MR) is 47.1 cm³/mol. The van der Waals surface area contributed by atoms with Crippen LogP contribution in [0.1, 0.15) is 25.7 Å². The number of rotatable bonds is 4. The quantitative estimate of drug-likeness (QED) is 0.651. The van der Waals surface area contributed by atoms with Crippen molar-refractivity contribution in [3.05, 3.63) is 0 Å². The first-order chi connectivity index (χ1) is 6.27. The predicted octanol–water partition coefficient (Wildman–Crippen LogP) is 0.728. The molecule has 1 aliphatic heterocycles. The van der Waals surface area contributed by atoms with E-state index in [1.807, 2.05) is 0 Å². The Morgan fingerprint density at radius 1 is 1.38 bits per heavy atom. The van der Waals surface area contributed by atoms with Gasteiger partial charge in [-0.1, -0.05) is 12.8 Å². The van der Waals surface area contributed by atoms with Gasteiger partial charge in [-0.05, 0) is 18.8 Å². The third-order valence-electron chi connectivity index (χ3n) is 2.63. The van der Waals surface area contributed by atoms with Crippen molar-refractivity contribution in [3.8, 4) is 0 Å². The highest BCUT2D eigenvalue weighted by Crippen LogP contribution is 2.33. The number of hydrogen-bond donors (Lipinski definition) is 1. The van der Waals surface area contributed by atoms with Crippen molar-refractivity contribution in [1.29, 1.82) is 0 Å². The first-order valence-electron chi connectivity index (χ1n) is 4.85. The summed E-state index contributed by atoms with van der Waals surface area (Å²) >= 11 is 0. The summed E-state index contributed by atoms with van der Waals surface area (Å²) in [4.78, 5) is 23.5. The smallest absolute Gasteiger partial charge is 0.324 e. The third-order valence-corrected chi connectivity index (χ3v) is 2.63. The molecule has 0 bridgehead atoms. The fraction of sp³-hybridized carbons (Fsp3) is 0.778. The lowest BCUT2D eigenvalue weighted by atomic mass is 10.2. The van der Waals surface area contributed by atoms with E-state index in [4.69, 9.17) is 0 Å². The summed E-state index contributed by atoms with van der Waals surface area (Å²) in [6.45, 7) is 0.781. The van der Waals surface area contributed by atoms with E-state index in [1.165, 1.54) is 17.7 Å². The van der Waals surface area contributed by atoms with Gasteiger partial charge in [0.2, 0.25) is 5.91 Å². The van der Waals surface area contributed by atoms with Gasteiger partial charge in [0, 0.05) is 6.54 Å². The molecule has 4 nitrogen and oxygen atoms in total. The monoisotopic (exact) mass is 182 g/mol. The fourth-order valence-corrected chi connectivity index (χ4v) is 1.63. The van der Waals surface area contributed by atoms with Crippen LogP contribution in [-0.4, -0.2) is 29.9 Å². The fourth-order valence-electron chi connectivity index (χ4n) is 1.63. The summed E-state index contributed by atoms with van der Waals surface area (Å²) in [6, 6.07) is -0.221. The number of hydrogen-bond acceptors (Lipinski definition) is 2. The van der Waals surface area contributed by atoms with Crippen molar-refractivity contribution in [3.63, 3.8) is 0 Å². The molecule has 2 fully saturated rings. The minimum atomic E-state index is -0.221. The number of nitrogens with one attached hydrogen (secondary N) is 1. The summed E-state index contributed by atoms with van der Waals surface area (Å²) < 4.78 is 0. The summed E-state index contributed by atoms with van der Waals surface area (Å²) in [5.41, 5.74) is 0. The van der Waals surface area contributed by atoms with Crippen molar-refractivity contribution in [1.82, 2.24) is 10.2 Å². The van der Waals surface area contributed by atoms with Crippen LogP contribution < -0.4 is 5.32 Å². The van der Waals surface area contributed by atoms with Crippen molar-refractivity contribution >= 4 is 11.9 Å². The van der Waals surface area contributed by atoms with Gasteiger partial charge in [-0.2, -0.15) is 0 Å². The Morgan fingerprint density at radius 3 is 2.69 bits per heavy atom. The maximum Gasteiger partial charge on any atom is 0.324 e. The van der Waals surface area contributed by atoms with Crippen LogP contribution in [0.2, 0.25) is 0 Å². The van der Waals surface area contributed by atoms with Gasteiger partial charge < -0.3 is 5.32 Å². The number of urea groups is 1. The number of nitrogens with zero attached hydrogens (tertiary/aromatic N) is 1. The van der Waals surface area contributed by atoms with E-state index in [-0.39, 0.29) is 18.5 Å². The Balaban J connectivity index is 1.72. The summed E-state index contributed by atoms with van der Waals surface area (Å²) in [5, 5.41) is 2.51. The maximum atomic E-state index is 11.1. The highest BCUT2D eigenvalue weighted by atomic mass is 16.2. The molecule has 0 aromatic heterocycles. The SMILES string of the molecule is O=C1CNC(=O)N1CCCC1CC1. The van der Waals surface area contributed by atoms with Gasteiger partial charge in [0.1, 0.15) is 0 Å². The van der Waals surface area contributed by atoms with Crippen molar-refractivity contribution in [2.24, 2.45) is 5.92 Å². The number of amides is 3. The number of imide groups is 1. The Labute approximate surface area is 77.3 Å². The molecule has 1 aliphatic carbocycles. The zero-order valence-electron chi connectivity index (χ0n) is 7.58. The van der Waals surface area contributed by atoms with Gasteiger partial charge >= 0.3 is 6.03 Å². The molecule has 1 saturated heterocycles. The molecule has 0 radical (unpaired) electrons. The molecule has 2 aliphatic rings. The average Bonchev–Trinajstić information content (AvgIpc) is 2.86. The summed E-state index contributed by atoms with van der Waals surface area (Å²) in [5.74, 6) is 0.793. The van der Waals surface area contributed by atoms with Crippen LogP contribution in [0.25, 0.3) is 0 Å². The Hall–Kier alpha value is -1.06. The van der Waals surface area contributed by atoms with Crippen molar-refractivity contribution < 1.29 is 9.59 Å². The van der Waals surface area contributed by atoms with E-state index in [2.05, 4.69) is 5.32 Å². The molecule has 0 spiro atoms. The van der Waals surface area contributed by atoms with Gasteiger partial charge in [-0.15, -0.1) is 0 Å². The molecule has 4 heteroatoms. The van der Waals surface area contributed by atoms with Crippen LogP contribution in [0.3, 0.4) is 0 Å². The normalized spacial score (nSPS) is 22.3. The third kappa shape index (κ3) is 1.99. The molecular weight excluding hydrogens is 168 g/mol. The first-order valence-corrected chi connectivity index (χ1v) is 4.85. The van der Waals surface area contributed by atoms with Crippen LogP contribution in [0, 0.1) is 5.92 Å². The van der Waals surface area contributed by atoms with Gasteiger partial charge in [0.05, 0.1) is 6.54 Å². The lowest BCUT2D eigenvalue weighted by Gasteiger charge is -2.11. The Kier molecular flexibility index (Phi) is 2.20. The lowest BCUT2D eigenvalue weighted by molar-refractivity contribution is -0.125. The minimum Gasteiger partial charge on any atom is -0.329 e. The Bertz CT molecular complexity index is 220. The second kappa shape index (κ2) is 3.36. The van der Waals surface area contributed by atoms with Crippen LogP contribution in [0.5, 0.6) is 0 Å². The van der Waals surface area contributed by atoms with E-state index >= 15 is 0 Å². The molecule has 1 saturated carbocycles. The molecular formula is C9H14N2O2. The highest BCUT2D eigenvalue weighted by molar-refractivity contribution is 6.01. The highest BCUT2D eigenvalue weighted by Gasteiger charge is 2.28. The number of carbonyl (C=O) groups is 2. The second-order valence-corrected chi connectivity index (χ2v) is 3.79. The molecule has 2 rings (SSSR count). The van der Waals surface area contributed by atoms with E-state index in [1.54, 1.807) is 0 Å².